The molecule has 84 valence electrons. The normalized spacial score (nSPS) is 12.5. The Balaban J connectivity index is 2.51. The molecular formula is C11H19N3O. The lowest BCUT2D eigenvalue weighted by molar-refractivity contribution is -0.122. The van der Waals surface area contributed by atoms with Crippen LogP contribution in [-0.2, 0) is 18.4 Å². The van der Waals surface area contributed by atoms with Crippen LogP contribution in [0, 0.1) is 6.92 Å². The van der Waals surface area contributed by atoms with E-state index >= 15 is 0 Å². The van der Waals surface area contributed by atoms with Gasteiger partial charge in [0.2, 0.25) is 5.91 Å². The first-order valence-corrected chi connectivity index (χ1v) is 5.20. The highest BCUT2D eigenvalue weighted by atomic mass is 16.2. The van der Waals surface area contributed by atoms with Gasteiger partial charge in [-0.2, -0.15) is 0 Å². The maximum atomic E-state index is 11.4. The van der Waals surface area contributed by atoms with E-state index in [1.54, 1.807) is 0 Å². The predicted octanol–water partition coefficient (Wildman–Crippen LogP) is 0.687. The quantitative estimate of drug-likeness (QED) is 0.766. The first-order valence-electron chi connectivity index (χ1n) is 5.20. The second-order valence-corrected chi connectivity index (χ2v) is 3.76. The van der Waals surface area contributed by atoms with Crippen LogP contribution in [0.5, 0.6) is 0 Å². The Kier molecular flexibility index (Phi) is 3.91. The standard InChI is InChI=1S/C11H19N3O/c1-4-10(12)11(15)13-7-9-6-5-8(2)14(9)3/h5-6,10H,4,7,12H2,1-3H3,(H,13,15). The lowest BCUT2D eigenvalue weighted by atomic mass is 10.2. The summed E-state index contributed by atoms with van der Waals surface area (Å²) in [5.41, 5.74) is 7.87. The van der Waals surface area contributed by atoms with E-state index in [0.29, 0.717) is 13.0 Å². The Labute approximate surface area is 90.5 Å². The van der Waals surface area contributed by atoms with E-state index in [4.69, 9.17) is 5.73 Å². The summed E-state index contributed by atoms with van der Waals surface area (Å²) in [4.78, 5) is 11.4. The molecule has 1 amide bonds. The van der Waals surface area contributed by atoms with Gasteiger partial charge < -0.3 is 15.6 Å². The molecule has 4 nitrogen and oxygen atoms in total. The molecular weight excluding hydrogens is 190 g/mol. The van der Waals surface area contributed by atoms with Gasteiger partial charge in [-0.15, -0.1) is 0 Å². The molecule has 15 heavy (non-hydrogen) atoms. The lowest BCUT2D eigenvalue weighted by Gasteiger charge is -2.10. The topological polar surface area (TPSA) is 60.1 Å². The van der Waals surface area contributed by atoms with E-state index in [0.717, 1.165) is 5.69 Å². The summed E-state index contributed by atoms with van der Waals surface area (Å²) >= 11 is 0. The van der Waals surface area contributed by atoms with E-state index in [2.05, 4.69) is 9.88 Å². The summed E-state index contributed by atoms with van der Waals surface area (Å²) in [7, 11) is 1.98. The van der Waals surface area contributed by atoms with Crippen molar-refractivity contribution in [3.63, 3.8) is 0 Å². The highest BCUT2D eigenvalue weighted by molar-refractivity contribution is 5.81. The van der Waals surface area contributed by atoms with Crippen LogP contribution in [-0.4, -0.2) is 16.5 Å². The average Bonchev–Trinajstić information content (AvgIpc) is 2.55. The lowest BCUT2D eigenvalue weighted by Crippen LogP contribution is -2.39. The van der Waals surface area contributed by atoms with E-state index in [9.17, 15) is 4.79 Å². The first kappa shape index (κ1) is 11.8. The van der Waals surface area contributed by atoms with Gasteiger partial charge in [-0.1, -0.05) is 6.92 Å². The molecule has 1 atom stereocenters. The molecule has 0 aromatic carbocycles. The molecule has 1 aromatic heterocycles. The number of nitrogens with one attached hydrogen (secondary N) is 1. The Morgan fingerprint density at radius 1 is 1.60 bits per heavy atom. The van der Waals surface area contributed by atoms with Gasteiger partial charge >= 0.3 is 0 Å². The van der Waals surface area contributed by atoms with Crippen molar-refractivity contribution in [3.8, 4) is 0 Å². The van der Waals surface area contributed by atoms with Gasteiger partial charge in [0.05, 0.1) is 12.6 Å². The third-order valence-electron chi connectivity index (χ3n) is 2.70. The Morgan fingerprint density at radius 3 is 2.73 bits per heavy atom. The van der Waals surface area contributed by atoms with E-state index in [1.165, 1.54) is 5.69 Å². The summed E-state index contributed by atoms with van der Waals surface area (Å²) in [6.07, 6.45) is 0.665. The van der Waals surface area contributed by atoms with Crippen LogP contribution < -0.4 is 11.1 Å². The zero-order valence-electron chi connectivity index (χ0n) is 9.58. The van der Waals surface area contributed by atoms with Gasteiger partial charge in [0, 0.05) is 18.4 Å². The van der Waals surface area contributed by atoms with Crippen molar-refractivity contribution >= 4 is 5.91 Å². The number of nitrogens with two attached hydrogens (primary N) is 1. The van der Waals surface area contributed by atoms with Crippen LogP contribution in [0.4, 0.5) is 0 Å². The van der Waals surface area contributed by atoms with Crippen molar-refractivity contribution in [1.29, 1.82) is 0 Å². The summed E-state index contributed by atoms with van der Waals surface area (Å²) in [5.74, 6) is -0.0867. The molecule has 1 heterocycles. The monoisotopic (exact) mass is 209 g/mol. The van der Waals surface area contributed by atoms with Crippen LogP contribution >= 0.6 is 0 Å². The molecule has 3 N–H and O–H groups in total. The minimum absolute atomic E-state index is 0.0867. The molecule has 1 rings (SSSR count). The molecule has 0 bridgehead atoms. The molecule has 0 spiro atoms. The van der Waals surface area contributed by atoms with E-state index in [1.807, 2.05) is 33.0 Å². The summed E-state index contributed by atoms with van der Waals surface area (Å²) in [6, 6.07) is 3.64. The third-order valence-corrected chi connectivity index (χ3v) is 2.70. The molecule has 0 aliphatic rings. The number of rotatable bonds is 4. The van der Waals surface area contributed by atoms with Crippen molar-refractivity contribution in [2.24, 2.45) is 12.8 Å². The number of aromatic nitrogens is 1. The second kappa shape index (κ2) is 4.98. The maximum absolute atomic E-state index is 11.4. The van der Waals surface area contributed by atoms with Crippen LogP contribution in [0.3, 0.4) is 0 Å². The summed E-state index contributed by atoms with van der Waals surface area (Å²) < 4.78 is 2.05. The number of carbonyl (C=O) groups is 1. The number of aryl methyl sites for hydroxylation is 1. The number of hydrogen-bond acceptors (Lipinski definition) is 2. The van der Waals surface area contributed by atoms with Crippen molar-refractivity contribution in [2.75, 3.05) is 0 Å². The smallest absolute Gasteiger partial charge is 0.237 e. The fourth-order valence-electron chi connectivity index (χ4n) is 1.34. The third kappa shape index (κ3) is 2.83. The van der Waals surface area contributed by atoms with Gasteiger partial charge in [0.25, 0.3) is 0 Å². The van der Waals surface area contributed by atoms with Crippen molar-refractivity contribution in [1.82, 2.24) is 9.88 Å². The Bertz CT molecular complexity index is 344. The molecule has 1 aromatic rings. The fourth-order valence-corrected chi connectivity index (χ4v) is 1.34. The van der Waals surface area contributed by atoms with Gasteiger partial charge in [-0.25, -0.2) is 0 Å². The minimum atomic E-state index is -0.397. The second-order valence-electron chi connectivity index (χ2n) is 3.76. The zero-order chi connectivity index (χ0) is 11.4. The molecule has 0 saturated carbocycles. The van der Waals surface area contributed by atoms with Gasteiger partial charge in [0.15, 0.2) is 0 Å². The molecule has 0 saturated heterocycles. The van der Waals surface area contributed by atoms with Crippen LogP contribution in [0.1, 0.15) is 24.7 Å². The highest BCUT2D eigenvalue weighted by Crippen LogP contribution is 2.05. The van der Waals surface area contributed by atoms with Crippen LogP contribution in [0.15, 0.2) is 12.1 Å². The predicted molar refractivity (Wildman–Crippen MR) is 60.3 cm³/mol. The number of amides is 1. The van der Waals surface area contributed by atoms with Crippen molar-refractivity contribution < 1.29 is 4.79 Å². The number of nitrogens with zero attached hydrogens (tertiary/aromatic N) is 1. The van der Waals surface area contributed by atoms with Gasteiger partial charge in [-0.05, 0) is 25.5 Å². The molecule has 0 aliphatic carbocycles. The average molecular weight is 209 g/mol. The molecule has 0 radical (unpaired) electrons. The minimum Gasteiger partial charge on any atom is -0.350 e. The van der Waals surface area contributed by atoms with E-state index < -0.39 is 6.04 Å². The summed E-state index contributed by atoms with van der Waals surface area (Å²) in [5, 5.41) is 2.82. The Hall–Kier alpha value is -1.29. The van der Waals surface area contributed by atoms with Crippen LogP contribution in [0.25, 0.3) is 0 Å². The highest BCUT2D eigenvalue weighted by Gasteiger charge is 2.10. The molecule has 1 unspecified atom stereocenters. The Morgan fingerprint density at radius 2 is 2.27 bits per heavy atom. The van der Waals surface area contributed by atoms with Crippen molar-refractivity contribution in [3.05, 3.63) is 23.5 Å². The van der Waals surface area contributed by atoms with E-state index in [-0.39, 0.29) is 5.91 Å². The number of hydrogen-bond donors (Lipinski definition) is 2. The zero-order valence-corrected chi connectivity index (χ0v) is 9.58. The SMILES string of the molecule is CCC(N)C(=O)NCc1ccc(C)n1C. The molecule has 0 aliphatic heterocycles. The van der Waals surface area contributed by atoms with Crippen molar-refractivity contribution in [2.45, 2.75) is 32.9 Å². The fraction of sp³-hybridized carbons (Fsp3) is 0.545. The number of carbonyl (C=O) groups excluding carboxylic acids is 1. The van der Waals surface area contributed by atoms with Gasteiger partial charge in [-0.3, -0.25) is 4.79 Å². The first-order chi connectivity index (χ1) is 7.06. The maximum Gasteiger partial charge on any atom is 0.237 e. The largest absolute Gasteiger partial charge is 0.350 e. The molecule has 0 fully saturated rings. The van der Waals surface area contributed by atoms with Crippen LogP contribution in [0.2, 0.25) is 0 Å². The summed E-state index contributed by atoms with van der Waals surface area (Å²) in [6.45, 7) is 4.47. The molecule has 4 heteroatoms. The van der Waals surface area contributed by atoms with Gasteiger partial charge in [0.1, 0.15) is 0 Å².